The molecule has 2 aromatic carbocycles. The molecule has 0 aliphatic carbocycles. The Morgan fingerprint density at radius 1 is 0.645 bits per heavy atom. The van der Waals surface area contributed by atoms with E-state index in [2.05, 4.69) is 19.9 Å². The van der Waals surface area contributed by atoms with Crippen molar-refractivity contribution >= 4 is 63.3 Å². The molecule has 0 saturated heterocycles. The van der Waals surface area contributed by atoms with Crippen LogP contribution in [-0.2, 0) is 49.2 Å². The minimum atomic E-state index is -4.64. The van der Waals surface area contributed by atoms with Gasteiger partial charge < -0.3 is 24.3 Å². The van der Waals surface area contributed by atoms with Crippen LogP contribution in [0.15, 0.2) is 85.3 Å². The van der Waals surface area contributed by atoms with Gasteiger partial charge >= 0.3 is 24.6 Å². The largest absolute Gasteiger partial charge is 0.494 e. The molecule has 1 N–H and O–H groups in total. The minimum absolute atomic E-state index is 0.0154. The number of hydrogen-bond acceptors (Lipinski definition) is 8. The van der Waals surface area contributed by atoms with E-state index in [1.165, 1.54) is 37.4 Å². The maximum atomic E-state index is 14.7. The molecule has 0 amide bonds. The van der Waals surface area contributed by atoms with Crippen LogP contribution in [0.5, 0.6) is 5.75 Å². The van der Waals surface area contributed by atoms with Gasteiger partial charge in [0.15, 0.2) is 0 Å². The summed E-state index contributed by atoms with van der Waals surface area (Å²) in [6.07, 6.45) is -10.4. The smallest absolute Gasteiger partial charge is 0.433 e. The summed E-state index contributed by atoms with van der Waals surface area (Å²) in [6, 6.07) is 12.6. The molecule has 26 heteroatoms. The highest BCUT2D eigenvalue weighted by Gasteiger charge is 2.37. The number of aromatic amines is 1. The maximum Gasteiger partial charge on any atom is 0.433 e. The molecule has 0 saturated carbocycles. The van der Waals surface area contributed by atoms with Gasteiger partial charge in [-0.05, 0) is 103 Å². The van der Waals surface area contributed by atoms with Crippen LogP contribution in [0.3, 0.4) is 0 Å². The van der Waals surface area contributed by atoms with E-state index >= 15 is 0 Å². The van der Waals surface area contributed by atoms with Crippen LogP contribution in [0.1, 0.15) is 60.4 Å². The SMILES string of the molecule is CC(C)(C)OC(=O)n1c(-c2c(F)cccc2F)cc2c1CCN(c1cnc(C(F)(F)F)cc1Cl)C2.COc1cc(C(F)(F)F)ncc1N1CCc2[nH]c(-c3c(F)cccc3F)cc2C1.FC(F)(F)c1cc(Cl)c(I)cn1. The van der Waals surface area contributed by atoms with Crippen LogP contribution in [-0.4, -0.2) is 56.4 Å². The number of benzene rings is 2. The molecule has 9 rings (SSSR count). The molecule has 0 fully saturated rings. The Hall–Kier alpha value is -6.28. The molecule has 0 atom stereocenters. The molecule has 2 aliphatic heterocycles. The number of pyridine rings is 3. The van der Waals surface area contributed by atoms with E-state index in [9.17, 15) is 61.9 Å². The van der Waals surface area contributed by atoms with Gasteiger partial charge in [-0.2, -0.15) is 39.5 Å². The molecule has 0 unspecified atom stereocenters. The number of nitrogens with zero attached hydrogens (tertiary/aromatic N) is 6. The van der Waals surface area contributed by atoms with Crippen molar-refractivity contribution in [1.82, 2.24) is 24.5 Å². The molecule has 0 bridgehead atoms. The third kappa shape index (κ3) is 13.1. The number of nitrogens with one attached hydrogen (secondary N) is 1. The Labute approximate surface area is 447 Å². The first-order valence-electron chi connectivity index (χ1n) is 22.2. The van der Waals surface area contributed by atoms with Crippen LogP contribution in [0.2, 0.25) is 10.0 Å². The molecular formula is C50H39Cl2F13IN7O3. The van der Waals surface area contributed by atoms with E-state index in [1.54, 1.807) is 31.7 Å². The molecule has 2 aliphatic rings. The Balaban J connectivity index is 0.000000184. The van der Waals surface area contributed by atoms with Crippen molar-refractivity contribution < 1.29 is 71.3 Å². The van der Waals surface area contributed by atoms with Gasteiger partial charge in [0.1, 0.15) is 51.7 Å². The van der Waals surface area contributed by atoms with Crippen molar-refractivity contribution in [3.05, 3.63) is 162 Å². The molecule has 10 nitrogen and oxygen atoms in total. The summed E-state index contributed by atoms with van der Waals surface area (Å²) in [7, 11) is 1.30. The Kier molecular flexibility index (Phi) is 16.9. The normalized spacial score (nSPS) is 13.7. The van der Waals surface area contributed by atoms with Crippen LogP contribution in [0, 0.1) is 26.8 Å². The average Bonchev–Trinajstić information content (AvgIpc) is 3.92. The van der Waals surface area contributed by atoms with E-state index in [4.69, 9.17) is 32.7 Å². The third-order valence-electron chi connectivity index (χ3n) is 11.4. The molecule has 404 valence electrons. The number of halogens is 16. The van der Waals surface area contributed by atoms with Gasteiger partial charge in [-0.25, -0.2) is 36.9 Å². The summed E-state index contributed by atoms with van der Waals surface area (Å²) in [4.78, 5) is 29.8. The first-order chi connectivity index (χ1) is 35.4. The lowest BCUT2D eigenvalue weighted by Crippen LogP contribution is -2.34. The van der Waals surface area contributed by atoms with Gasteiger partial charge in [-0.1, -0.05) is 35.3 Å². The predicted molar refractivity (Wildman–Crippen MR) is 264 cm³/mol. The fraction of sp³-hybridized carbons (Fsp3) is 0.280. The number of methoxy groups -OCH3 is 1. The Bertz CT molecular complexity index is 3240. The van der Waals surface area contributed by atoms with E-state index in [0.717, 1.165) is 64.7 Å². The van der Waals surface area contributed by atoms with Crippen molar-refractivity contribution in [3.63, 3.8) is 0 Å². The number of carbonyl (C=O) groups excluding carboxylic acids is 1. The Morgan fingerprint density at radius 2 is 1.13 bits per heavy atom. The van der Waals surface area contributed by atoms with Crippen LogP contribution < -0.4 is 14.5 Å². The zero-order valence-electron chi connectivity index (χ0n) is 39.8. The lowest BCUT2D eigenvalue weighted by atomic mass is 10.1. The average molecular weight is 1230 g/mol. The summed E-state index contributed by atoms with van der Waals surface area (Å²) in [5.74, 6) is -2.98. The monoisotopic (exact) mass is 1230 g/mol. The van der Waals surface area contributed by atoms with Gasteiger partial charge in [-0.15, -0.1) is 0 Å². The molecule has 0 radical (unpaired) electrons. The van der Waals surface area contributed by atoms with Crippen LogP contribution >= 0.6 is 45.8 Å². The second-order valence-corrected chi connectivity index (χ2v) is 19.8. The summed E-state index contributed by atoms with van der Waals surface area (Å²) in [5, 5.41) is -0.0688. The lowest BCUT2D eigenvalue weighted by molar-refractivity contribution is -0.142. The first kappa shape index (κ1) is 57.4. The van der Waals surface area contributed by atoms with Gasteiger partial charge in [0.2, 0.25) is 0 Å². The van der Waals surface area contributed by atoms with Gasteiger partial charge in [-0.3, -0.25) is 4.98 Å². The number of aromatic nitrogens is 5. The number of alkyl halides is 9. The van der Waals surface area contributed by atoms with Gasteiger partial charge in [0.05, 0.1) is 67.0 Å². The van der Waals surface area contributed by atoms with E-state index in [0.29, 0.717) is 45.7 Å². The number of carbonyl (C=O) groups is 1. The third-order valence-corrected chi connectivity index (χ3v) is 13.2. The number of hydrogen-bond donors (Lipinski definition) is 1. The summed E-state index contributed by atoms with van der Waals surface area (Å²) in [6.45, 7) is 6.23. The van der Waals surface area contributed by atoms with Crippen LogP contribution in [0.25, 0.3) is 22.5 Å². The molecular weight excluding hydrogens is 1190 g/mol. The molecule has 0 spiro atoms. The number of ether oxygens (including phenoxy) is 2. The van der Waals surface area contributed by atoms with Crippen molar-refractivity contribution in [3.8, 4) is 28.3 Å². The number of fused-ring (bicyclic) bond motifs is 2. The lowest BCUT2D eigenvalue weighted by Gasteiger charge is -2.30. The van der Waals surface area contributed by atoms with E-state index in [1.807, 2.05) is 27.5 Å². The zero-order valence-corrected chi connectivity index (χ0v) is 43.5. The first-order valence-corrected chi connectivity index (χ1v) is 24.1. The second kappa shape index (κ2) is 22.4. The standard InChI is InChI=1S/C24H21ClF5N3O2.C20H16F5N3O.C6H2ClF3IN/c1-23(2,3)35-22(34)33-17-7-8-32(19-11-31-20(10-14(19)25)24(28,29)30)12-13(17)9-18(33)21-15(26)5-4-6-16(21)27;1-29-17-8-18(20(23,24)25)26-9-16(17)28-6-5-14-11(10-28)7-15(27-14)19-12(21)3-2-4-13(19)22;7-3-1-5(6(8,9)10)12-2-4(3)11/h4-6,9-11H,7-8,12H2,1-3H3;2-4,7-9,27H,5-6,10H2,1H3;1-2H. The summed E-state index contributed by atoms with van der Waals surface area (Å²) < 4.78 is 183. The van der Waals surface area contributed by atoms with Gasteiger partial charge in [0, 0.05) is 62.7 Å². The highest BCUT2D eigenvalue weighted by molar-refractivity contribution is 14.1. The second-order valence-electron chi connectivity index (χ2n) is 17.8. The quantitative estimate of drug-likeness (QED) is 0.134. The number of anilines is 2. The number of H-pyrrole nitrogens is 1. The fourth-order valence-corrected chi connectivity index (χ4v) is 8.80. The number of rotatable bonds is 5. The predicted octanol–water partition coefficient (Wildman–Crippen LogP) is 15.1. The maximum absolute atomic E-state index is 14.7. The summed E-state index contributed by atoms with van der Waals surface area (Å²) >= 11 is 13.4. The van der Waals surface area contributed by atoms with Crippen LogP contribution in [0.4, 0.5) is 73.2 Å². The van der Waals surface area contributed by atoms with Crippen molar-refractivity contribution in [2.24, 2.45) is 0 Å². The van der Waals surface area contributed by atoms with Gasteiger partial charge in [0.25, 0.3) is 0 Å². The zero-order chi connectivity index (χ0) is 55.8. The molecule has 7 heterocycles. The van der Waals surface area contributed by atoms with Crippen molar-refractivity contribution in [2.75, 3.05) is 30.0 Å². The Morgan fingerprint density at radius 3 is 1.66 bits per heavy atom. The van der Waals surface area contributed by atoms with E-state index < -0.39 is 70.6 Å². The van der Waals surface area contributed by atoms with E-state index in [-0.39, 0.29) is 57.8 Å². The molecule has 7 aromatic rings. The minimum Gasteiger partial charge on any atom is -0.494 e. The van der Waals surface area contributed by atoms with Crippen molar-refractivity contribution in [2.45, 2.75) is 70.8 Å². The molecule has 76 heavy (non-hydrogen) atoms. The molecule has 5 aromatic heterocycles. The highest BCUT2D eigenvalue weighted by Crippen LogP contribution is 2.41. The highest BCUT2D eigenvalue weighted by atomic mass is 127. The summed E-state index contributed by atoms with van der Waals surface area (Å²) in [5.41, 5.74) is -0.813. The fourth-order valence-electron chi connectivity index (χ4n) is 8.08. The van der Waals surface area contributed by atoms with Crippen molar-refractivity contribution in [1.29, 1.82) is 0 Å². The topological polar surface area (TPSA) is 101 Å².